The lowest BCUT2D eigenvalue weighted by Crippen LogP contribution is -2.45. The van der Waals surface area contributed by atoms with Gasteiger partial charge >= 0.3 is 0 Å². The number of ether oxygens (including phenoxy) is 1. The van der Waals surface area contributed by atoms with Gasteiger partial charge in [0.05, 0.1) is 23.7 Å². The molecule has 2 aromatic rings. The summed E-state index contributed by atoms with van der Waals surface area (Å²) in [4.78, 5) is 22.3. The molecule has 0 fully saturated rings. The largest absolute Gasteiger partial charge is 0.508 e. The van der Waals surface area contributed by atoms with Crippen LogP contribution < -0.4 is 4.74 Å². The van der Waals surface area contributed by atoms with Crippen molar-refractivity contribution in [3.05, 3.63) is 29.3 Å². The SMILES string of the molecule is CC(=O)c1c(C)cc2cc(O)cc(OCC[C@@H](O)[C@@H](O)[C@H](O)[C@@H](O)C=O)c2c1O. The molecule has 4 atom stereocenters. The first-order chi connectivity index (χ1) is 13.6. The number of hydrogen-bond acceptors (Lipinski definition) is 9. The Balaban J connectivity index is 2.25. The molecule has 0 heterocycles. The van der Waals surface area contributed by atoms with Gasteiger partial charge in [-0.15, -0.1) is 0 Å². The van der Waals surface area contributed by atoms with E-state index in [9.17, 15) is 40.2 Å². The maximum Gasteiger partial charge on any atom is 0.163 e. The number of Topliss-reactive ketones (excluding diaryl/α,β-unsaturated/α-hetero) is 1. The minimum absolute atomic E-state index is 0.0351. The summed E-state index contributed by atoms with van der Waals surface area (Å²) < 4.78 is 5.53. The lowest BCUT2D eigenvalue weighted by molar-refractivity contribution is -0.134. The number of aliphatic hydroxyl groups is 4. The first kappa shape index (κ1) is 22.6. The van der Waals surface area contributed by atoms with Crippen LogP contribution in [0, 0.1) is 6.92 Å². The van der Waals surface area contributed by atoms with Crippen LogP contribution in [0.1, 0.15) is 29.3 Å². The van der Waals surface area contributed by atoms with Crippen molar-refractivity contribution in [3.8, 4) is 17.2 Å². The number of carbonyl (C=O) groups excluding carboxylic acids is 2. The van der Waals surface area contributed by atoms with Crippen molar-refractivity contribution in [2.75, 3.05) is 6.61 Å². The summed E-state index contributed by atoms with van der Waals surface area (Å²) in [6, 6.07) is 4.25. The zero-order valence-corrected chi connectivity index (χ0v) is 15.9. The molecule has 6 N–H and O–H groups in total. The second-order valence-corrected chi connectivity index (χ2v) is 6.83. The Morgan fingerprint density at radius 2 is 1.76 bits per heavy atom. The molecule has 0 bridgehead atoms. The van der Waals surface area contributed by atoms with Crippen molar-refractivity contribution in [2.45, 2.75) is 44.7 Å². The van der Waals surface area contributed by atoms with Crippen LogP contribution in [0.4, 0.5) is 0 Å². The number of ketones is 1. The monoisotopic (exact) mass is 408 g/mol. The van der Waals surface area contributed by atoms with E-state index in [1.165, 1.54) is 19.1 Å². The number of fused-ring (bicyclic) bond motifs is 1. The van der Waals surface area contributed by atoms with Gasteiger partial charge in [-0.3, -0.25) is 4.79 Å². The maximum atomic E-state index is 11.9. The van der Waals surface area contributed by atoms with Gasteiger partial charge < -0.3 is 40.2 Å². The van der Waals surface area contributed by atoms with Gasteiger partial charge in [0, 0.05) is 12.5 Å². The van der Waals surface area contributed by atoms with E-state index in [1.807, 2.05) is 0 Å². The molecule has 0 aromatic heterocycles. The standard InChI is InChI=1S/C20H24O9/c1-9-5-11-6-12(23)7-15(17(11)20(28)16(9)10(2)22)29-4-3-13(24)18(26)19(27)14(25)8-21/h5-8,13-14,18-19,23-28H,3-4H2,1-2H3/t13-,14+,18-,19-/m1/s1. The van der Waals surface area contributed by atoms with Crippen LogP contribution in [0.5, 0.6) is 17.2 Å². The maximum absolute atomic E-state index is 11.9. The van der Waals surface area contributed by atoms with Gasteiger partial charge in [0.25, 0.3) is 0 Å². The van der Waals surface area contributed by atoms with Crippen molar-refractivity contribution < 1.29 is 45.0 Å². The second-order valence-electron chi connectivity index (χ2n) is 6.83. The number of hydrogen-bond donors (Lipinski definition) is 6. The molecule has 0 radical (unpaired) electrons. The van der Waals surface area contributed by atoms with Crippen LogP contribution in [-0.2, 0) is 4.79 Å². The van der Waals surface area contributed by atoms with E-state index in [1.54, 1.807) is 13.0 Å². The minimum atomic E-state index is -1.87. The minimum Gasteiger partial charge on any atom is -0.508 e. The number of carbonyl (C=O) groups is 2. The fraction of sp³-hybridized carbons (Fsp3) is 0.400. The first-order valence-electron chi connectivity index (χ1n) is 8.89. The van der Waals surface area contributed by atoms with E-state index in [0.717, 1.165) is 0 Å². The fourth-order valence-corrected chi connectivity index (χ4v) is 3.14. The summed E-state index contributed by atoms with van der Waals surface area (Å²) in [5.74, 6) is -0.739. The van der Waals surface area contributed by atoms with Crippen LogP contribution in [0.25, 0.3) is 10.8 Å². The summed E-state index contributed by atoms with van der Waals surface area (Å²) in [5.41, 5.74) is 0.648. The van der Waals surface area contributed by atoms with E-state index in [2.05, 4.69) is 0 Å². The molecule has 0 unspecified atom stereocenters. The Kier molecular flexibility index (Phi) is 7.15. The number of benzene rings is 2. The predicted molar refractivity (Wildman–Crippen MR) is 102 cm³/mol. The number of aliphatic hydroxyl groups excluding tert-OH is 4. The molecule has 0 amide bonds. The van der Waals surface area contributed by atoms with Crippen LogP contribution >= 0.6 is 0 Å². The van der Waals surface area contributed by atoms with E-state index in [4.69, 9.17) is 4.74 Å². The second kappa shape index (κ2) is 9.19. The number of phenols is 2. The Morgan fingerprint density at radius 3 is 2.34 bits per heavy atom. The summed E-state index contributed by atoms with van der Waals surface area (Å²) >= 11 is 0. The molecule has 9 nitrogen and oxygen atoms in total. The zero-order valence-electron chi connectivity index (χ0n) is 15.9. The number of aldehydes is 1. The lowest BCUT2D eigenvalue weighted by Gasteiger charge is -2.24. The van der Waals surface area contributed by atoms with E-state index in [-0.39, 0.29) is 53.3 Å². The van der Waals surface area contributed by atoms with Crippen molar-refractivity contribution in [2.24, 2.45) is 0 Å². The Bertz CT molecular complexity index is 909. The molecule has 0 aliphatic heterocycles. The fourth-order valence-electron chi connectivity index (χ4n) is 3.14. The van der Waals surface area contributed by atoms with Crippen LogP contribution in [0.2, 0.25) is 0 Å². The smallest absolute Gasteiger partial charge is 0.163 e. The first-order valence-corrected chi connectivity index (χ1v) is 8.89. The lowest BCUT2D eigenvalue weighted by atomic mass is 9.97. The van der Waals surface area contributed by atoms with Gasteiger partial charge in [-0.2, -0.15) is 0 Å². The highest BCUT2D eigenvalue weighted by Gasteiger charge is 2.30. The van der Waals surface area contributed by atoms with Gasteiger partial charge in [-0.05, 0) is 30.9 Å². The number of aromatic hydroxyl groups is 2. The molecule has 9 heteroatoms. The van der Waals surface area contributed by atoms with Gasteiger partial charge in [-0.25, -0.2) is 0 Å². The van der Waals surface area contributed by atoms with Crippen molar-refractivity contribution >= 4 is 22.8 Å². The molecule has 0 spiro atoms. The zero-order chi connectivity index (χ0) is 21.9. The highest BCUT2D eigenvalue weighted by atomic mass is 16.5. The average molecular weight is 408 g/mol. The quantitative estimate of drug-likeness (QED) is 0.251. The van der Waals surface area contributed by atoms with Crippen LogP contribution in [0.15, 0.2) is 18.2 Å². The molecule has 0 saturated carbocycles. The number of aryl methyl sites for hydroxylation is 1. The van der Waals surface area contributed by atoms with Crippen molar-refractivity contribution in [1.82, 2.24) is 0 Å². The highest BCUT2D eigenvalue weighted by molar-refractivity contribution is 6.07. The van der Waals surface area contributed by atoms with E-state index in [0.29, 0.717) is 10.9 Å². The summed E-state index contributed by atoms with van der Waals surface area (Å²) in [6.07, 6.45) is -7.19. The number of rotatable bonds is 9. The molecule has 29 heavy (non-hydrogen) atoms. The van der Waals surface area contributed by atoms with E-state index >= 15 is 0 Å². The molecule has 158 valence electrons. The molecule has 0 aliphatic carbocycles. The molecular formula is C20H24O9. The van der Waals surface area contributed by atoms with Gasteiger partial charge in [-0.1, -0.05) is 6.07 Å². The van der Waals surface area contributed by atoms with Crippen molar-refractivity contribution in [1.29, 1.82) is 0 Å². The third kappa shape index (κ3) is 4.83. The van der Waals surface area contributed by atoms with Crippen LogP contribution in [-0.4, -0.2) is 73.7 Å². The Hall–Kier alpha value is -2.72. The molecule has 2 aromatic carbocycles. The summed E-state index contributed by atoms with van der Waals surface area (Å²) in [6.45, 7) is 2.76. The molecular weight excluding hydrogens is 384 g/mol. The molecule has 2 rings (SSSR count). The average Bonchev–Trinajstić information content (AvgIpc) is 2.64. The number of phenolic OH excluding ortho intramolecular Hbond substituents is 2. The van der Waals surface area contributed by atoms with Gasteiger partial charge in [0.15, 0.2) is 12.1 Å². The normalized spacial score (nSPS) is 15.5. The van der Waals surface area contributed by atoms with Crippen molar-refractivity contribution in [3.63, 3.8) is 0 Å². The Morgan fingerprint density at radius 1 is 1.10 bits per heavy atom. The topological polar surface area (TPSA) is 165 Å². The third-order valence-corrected chi connectivity index (χ3v) is 4.61. The van der Waals surface area contributed by atoms with Gasteiger partial charge in [0.2, 0.25) is 0 Å². The predicted octanol–water partition coefficient (Wildman–Crippen LogP) is 0.173. The van der Waals surface area contributed by atoms with Crippen LogP contribution in [0.3, 0.4) is 0 Å². The van der Waals surface area contributed by atoms with Gasteiger partial charge in [0.1, 0.15) is 35.6 Å². The molecule has 0 aliphatic rings. The summed E-state index contributed by atoms with van der Waals surface area (Å²) in [5, 5.41) is 59.6. The third-order valence-electron chi connectivity index (χ3n) is 4.61. The summed E-state index contributed by atoms with van der Waals surface area (Å²) in [7, 11) is 0. The highest BCUT2D eigenvalue weighted by Crippen LogP contribution is 2.40. The Labute approximate surface area is 166 Å². The molecule has 0 saturated heterocycles. The van der Waals surface area contributed by atoms with E-state index < -0.39 is 24.4 Å².